The van der Waals surface area contributed by atoms with E-state index in [2.05, 4.69) is 15.0 Å². The van der Waals surface area contributed by atoms with E-state index in [4.69, 9.17) is 5.73 Å². The SMILES string of the molecule is CC(C)(C)NC(N)=NCc1ccc(S(=O)(=O)NC2CC2)cc1. The predicted octanol–water partition coefficient (Wildman–Crippen LogP) is 1.33. The molecule has 0 bridgehead atoms. The lowest BCUT2D eigenvalue weighted by Crippen LogP contribution is -2.44. The number of benzene rings is 1. The zero-order valence-electron chi connectivity index (χ0n) is 13.3. The number of sulfonamides is 1. The summed E-state index contributed by atoms with van der Waals surface area (Å²) in [6.07, 6.45) is 1.85. The van der Waals surface area contributed by atoms with Crippen molar-refractivity contribution >= 4 is 16.0 Å². The van der Waals surface area contributed by atoms with E-state index >= 15 is 0 Å². The summed E-state index contributed by atoms with van der Waals surface area (Å²) in [5.41, 5.74) is 6.57. The van der Waals surface area contributed by atoms with Gasteiger partial charge >= 0.3 is 0 Å². The second-order valence-corrected chi connectivity index (χ2v) is 8.33. The van der Waals surface area contributed by atoms with Crippen molar-refractivity contribution in [2.75, 3.05) is 0 Å². The summed E-state index contributed by atoms with van der Waals surface area (Å²) in [7, 11) is -3.39. The van der Waals surface area contributed by atoms with Crippen LogP contribution in [0.15, 0.2) is 34.2 Å². The summed E-state index contributed by atoms with van der Waals surface area (Å²) >= 11 is 0. The van der Waals surface area contributed by atoms with Gasteiger partial charge in [0.05, 0.1) is 11.4 Å². The molecule has 1 aliphatic carbocycles. The molecule has 1 aliphatic rings. The van der Waals surface area contributed by atoms with Crippen LogP contribution in [0.5, 0.6) is 0 Å². The molecular formula is C15H24N4O2S. The third kappa shape index (κ3) is 5.31. The van der Waals surface area contributed by atoms with Crippen molar-refractivity contribution in [2.24, 2.45) is 10.7 Å². The van der Waals surface area contributed by atoms with E-state index in [1.165, 1.54) is 0 Å². The summed E-state index contributed by atoms with van der Waals surface area (Å²) in [5, 5.41) is 3.08. The molecule has 7 heteroatoms. The Labute approximate surface area is 132 Å². The molecule has 0 heterocycles. The molecule has 0 radical (unpaired) electrons. The summed E-state index contributed by atoms with van der Waals surface area (Å²) < 4.78 is 26.8. The molecule has 6 nitrogen and oxygen atoms in total. The highest BCUT2D eigenvalue weighted by Crippen LogP contribution is 2.22. The molecule has 0 aliphatic heterocycles. The first-order valence-electron chi connectivity index (χ1n) is 7.35. The van der Waals surface area contributed by atoms with Crippen molar-refractivity contribution in [2.45, 2.75) is 56.6 Å². The van der Waals surface area contributed by atoms with Crippen molar-refractivity contribution in [3.05, 3.63) is 29.8 Å². The van der Waals surface area contributed by atoms with Crippen LogP contribution in [0.25, 0.3) is 0 Å². The van der Waals surface area contributed by atoms with Crippen LogP contribution in [0.4, 0.5) is 0 Å². The monoisotopic (exact) mass is 324 g/mol. The van der Waals surface area contributed by atoms with Gasteiger partial charge in [0.2, 0.25) is 10.0 Å². The molecule has 0 aromatic heterocycles. The normalized spacial score (nSPS) is 16.6. The Hall–Kier alpha value is -1.60. The van der Waals surface area contributed by atoms with Crippen LogP contribution < -0.4 is 15.8 Å². The Bertz CT molecular complexity index is 641. The fraction of sp³-hybridized carbons (Fsp3) is 0.533. The maximum atomic E-state index is 12.0. The first-order chi connectivity index (χ1) is 10.2. The third-order valence-corrected chi connectivity index (χ3v) is 4.60. The number of guanidine groups is 1. The highest BCUT2D eigenvalue weighted by atomic mass is 32.2. The lowest BCUT2D eigenvalue weighted by Gasteiger charge is -2.20. The Morgan fingerprint density at radius 2 is 1.86 bits per heavy atom. The first kappa shape index (κ1) is 16.8. The number of nitrogens with one attached hydrogen (secondary N) is 2. The van der Waals surface area contributed by atoms with Gasteiger partial charge in [0.25, 0.3) is 0 Å². The summed E-state index contributed by atoms with van der Waals surface area (Å²) in [6, 6.07) is 6.83. The highest BCUT2D eigenvalue weighted by molar-refractivity contribution is 7.89. The average Bonchev–Trinajstić information content (AvgIpc) is 3.18. The highest BCUT2D eigenvalue weighted by Gasteiger charge is 2.27. The van der Waals surface area contributed by atoms with E-state index in [9.17, 15) is 8.42 Å². The molecule has 1 aromatic carbocycles. The van der Waals surface area contributed by atoms with Crippen molar-refractivity contribution in [3.63, 3.8) is 0 Å². The Kier molecular flexibility index (Phi) is 4.77. The molecule has 0 spiro atoms. The molecular weight excluding hydrogens is 300 g/mol. The van der Waals surface area contributed by atoms with E-state index in [1.807, 2.05) is 20.8 Å². The second kappa shape index (κ2) is 6.26. The van der Waals surface area contributed by atoms with Crippen LogP contribution in [0.1, 0.15) is 39.2 Å². The van der Waals surface area contributed by atoms with E-state index in [1.54, 1.807) is 24.3 Å². The van der Waals surface area contributed by atoms with Gasteiger partial charge in [0.15, 0.2) is 5.96 Å². The molecule has 0 atom stereocenters. The molecule has 0 unspecified atom stereocenters. The van der Waals surface area contributed by atoms with Gasteiger partial charge in [-0.05, 0) is 51.3 Å². The standard InChI is InChI=1S/C15H24N4O2S/c1-15(2,3)18-14(16)17-10-11-4-8-13(9-5-11)22(20,21)19-12-6-7-12/h4-5,8-9,12,19H,6-7,10H2,1-3H3,(H3,16,17,18). The second-order valence-electron chi connectivity index (χ2n) is 6.62. The molecule has 1 aromatic rings. The summed E-state index contributed by atoms with van der Waals surface area (Å²) in [6.45, 7) is 6.41. The minimum absolute atomic E-state index is 0.109. The van der Waals surface area contributed by atoms with Crippen molar-refractivity contribution in [1.29, 1.82) is 0 Å². The van der Waals surface area contributed by atoms with Gasteiger partial charge in [-0.25, -0.2) is 18.1 Å². The largest absolute Gasteiger partial charge is 0.370 e. The van der Waals surface area contributed by atoms with E-state index in [-0.39, 0.29) is 16.5 Å². The number of hydrogen-bond acceptors (Lipinski definition) is 3. The Morgan fingerprint density at radius 3 is 2.36 bits per heavy atom. The molecule has 122 valence electrons. The van der Waals surface area contributed by atoms with Gasteiger partial charge in [0, 0.05) is 11.6 Å². The number of aliphatic imine (C=N–C) groups is 1. The fourth-order valence-corrected chi connectivity index (χ4v) is 3.17. The van der Waals surface area contributed by atoms with Crippen molar-refractivity contribution < 1.29 is 8.42 Å². The summed E-state index contributed by atoms with van der Waals surface area (Å²) in [5.74, 6) is 0.375. The molecule has 0 amide bonds. The third-order valence-electron chi connectivity index (χ3n) is 3.07. The Morgan fingerprint density at radius 1 is 1.27 bits per heavy atom. The minimum atomic E-state index is -3.39. The first-order valence-corrected chi connectivity index (χ1v) is 8.83. The Balaban J connectivity index is 1.98. The zero-order chi connectivity index (χ0) is 16.4. The van der Waals surface area contributed by atoms with Crippen molar-refractivity contribution in [3.8, 4) is 0 Å². The lowest BCUT2D eigenvalue weighted by molar-refractivity contribution is 0.508. The van der Waals surface area contributed by atoms with Crippen LogP contribution in [0.3, 0.4) is 0 Å². The fourth-order valence-electron chi connectivity index (χ4n) is 1.86. The van der Waals surface area contributed by atoms with Gasteiger partial charge in [-0.1, -0.05) is 12.1 Å². The number of nitrogens with two attached hydrogens (primary N) is 1. The van der Waals surface area contributed by atoms with Crippen LogP contribution in [0.2, 0.25) is 0 Å². The number of rotatable bonds is 5. The molecule has 2 rings (SSSR count). The maximum absolute atomic E-state index is 12.0. The smallest absolute Gasteiger partial charge is 0.240 e. The van der Waals surface area contributed by atoms with Gasteiger partial charge in [-0.3, -0.25) is 0 Å². The quantitative estimate of drug-likeness (QED) is 0.562. The lowest BCUT2D eigenvalue weighted by atomic mass is 10.1. The average molecular weight is 324 g/mol. The van der Waals surface area contributed by atoms with Crippen LogP contribution in [-0.4, -0.2) is 26.0 Å². The van der Waals surface area contributed by atoms with Crippen LogP contribution in [-0.2, 0) is 16.6 Å². The molecule has 1 fully saturated rings. The molecule has 4 N–H and O–H groups in total. The predicted molar refractivity (Wildman–Crippen MR) is 88.0 cm³/mol. The zero-order valence-corrected chi connectivity index (χ0v) is 14.1. The van der Waals surface area contributed by atoms with Gasteiger partial charge in [-0.15, -0.1) is 0 Å². The van der Waals surface area contributed by atoms with E-state index in [0.717, 1.165) is 18.4 Å². The molecule has 1 saturated carbocycles. The van der Waals surface area contributed by atoms with Crippen molar-refractivity contribution in [1.82, 2.24) is 10.0 Å². The number of nitrogens with zero attached hydrogens (tertiary/aromatic N) is 1. The number of hydrogen-bond donors (Lipinski definition) is 3. The van der Waals surface area contributed by atoms with Crippen LogP contribution >= 0.6 is 0 Å². The van der Waals surface area contributed by atoms with Gasteiger partial charge in [0.1, 0.15) is 0 Å². The summed E-state index contributed by atoms with van der Waals surface area (Å²) in [4.78, 5) is 4.53. The van der Waals surface area contributed by atoms with E-state index in [0.29, 0.717) is 12.5 Å². The van der Waals surface area contributed by atoms with Crippen LogP contribution in [0, 0.1) is 0 Å². The molecule has 0 saturated heterocycles. The molecule has 22 heavy (non-hydrogen) atoms. The van der Waals surface area contributed by atoms with Gasteiger partial charge < -0.3 is 11.1 Å². The maximum Gasteiger partial charge on any atom is 0.240 e. The van der Waals surface area contributed by atoms with E-state index < -0.39 is 10.0 Å². The minimum Gasteiger partial charge on any atom is -0.370 e. The van der Waals surface area contributed by atoms with Gasteiger partial charge in [-0.2, -0.15) is 0 Å². The topological polar surface area (TPSA) is 96.6 Å².